The molecule has 0 unspecified atom stereocenters. The summed E-state index contributed by atoms with van der Waals surface area (Å²) in [6.07, 6.45) is 0. The van der Waals surface area contributed by atoms with Crippen molar-refractivity contribution in [3.8, 4) is 34.1 Å². The summed E-state index contributed by atoms with van der Waals surface area (Å²) in [5.74, 6) is 2.08. The lowest BCUT2D eigenvalue weighted by Crippen LogP contribution is -2.28. The molecule has 0 N–H and O–H groups in total. The summed E-state index contributed by atoms with van der Waals surface area (Å²) in [6.45, 7) is 7.88. The summed E-state index contributed by atoms with van der Waals surface area (Å²) in [6, 6.07) is 43.2. The Morgan fingerprint density at radius 1 is 0.447 bits per heavy atom. The maximum atomic E-state index is 14.5. The summed E-state index contributed by atoms with van der Waals surface area (Å²) in [4.78, 5) is 0. The fourth-order valence-electron chi connectivity index (χ4n) is 6.94. The molecule has 1 aliphatic rings. The minimum absolute atomic E-state index is 0.0287. The van der Waals surface area contributed by atoms with Crippen LogP contribution >= 0.6 is 0 Å². The highest BCUT2D eigenvalue weighted by molar-refractivity contribution is 5.86. The van der Waals surface area contributed by atoms with Gasteiger partial charge in [0.15, 0.2) is 0 Å². The van der Waals surface area contributed by atoms with E-state index in [2.05, 4.69) is 72.8 Å². The fraction of sp³-hybridized carbons (Fsp3) is 0.163. The summed E-state index contributed by atoms with van der Waals surface area (Å²) in [7, 11) is 0. The Balaban J connectivity index is 1.39. The number of ether oxygens (including phenoxy) is 2. The van der Waals surface area contributed by atoms with Crippen molar-refractivity contribution in [2.24, 2.45) is 0 Å². The normalized spacial score (nSPS) is 13.0. The van der Waals surface area contributed by atoms with E-state index in [4.69, 9.17) is 9.47 Å². The minimum Gasteiger partial charge on any atom is -0.457 e. The first-order chi connectivity index (χ1) is 22.8. The molecular weight excluding hydrogens is 586 g/mol. The minimum atomic E-state index is -0.691. The SMILES string of the molecule is CC(C)c1cc(Oc2cccc(C3(c4cccc(Oc5ccc(F)c(C(C)C)c5)c4)c4ccccc4-c4ccccc43)c2)ccc1F. The third kappa shape index (κ3) is 5.38. The van der Waals surface area contributed by atoms with Crippen LogP contribution in [-0.4, -0.2) is 0 Å². The molecule has 0 saturated carbocycles. The summed E-state index contributed by atoms with van der Waals surface area (Å²) >= 11 is 0. The highest BCUT2D eigenvalue weighted by atomic mass is 19.1. The lowest BCUT2D eigenvalue weighted by molar-refractivity contribution is 0.475. The van der Waals surface area contributed by atoms with E-state index >= 15 is 0 Å². The van der Waals surface area contributed by atoms with Crippen molar-refractivity contribution < 1.29 is 18.3 Å². The molecule has 6 aromatic rings. The molecule has 0 heterocycles. The second-order valence-electron chi connectivity index (χ2n) is 12.8. The molecule has 0 bridgehead atoms. The van der Waals surface area contributed by atoms with Crippen molar-refractivity contribution in [2.75, 3.05) is 0 Å². The molecule has 0 aromatic heterocycles. The van der Waals surface area contributed by atoms with Crippen LogP contribution in [0.25, 0.3) is 11.1 Å². The van der Waals surface area contributed by atoms with E-state index in [-0.39, 0.29) is 23.5 Å². The Labute approximate surface area is 275 Å². The third-order valence-corrected chi connectivity index (χ3v) is 9.14. The molecule has 0 spiro atoms. The number of fused-ring (bicyclic) bond motifs is 3. The Morgan fingerprint density at radius 3 is 1.28 bits per heavy atom. The van der Waals surface area contributed by atoms with Crippen LogP contribution in [0.15, 0.2) is 133 Å². The van der Waals surface area contributed by atoms with Gasteiger partial charge >= 0.3 is 0 Å². The molecule has 7 rings (SSSR count). The Hall–Kier alpha value is -5.22. The van der Waals surface area contributed by atoms with E-state index < -0.39 is 5.41 Å². The number of hydrogen-bond donors (Lipinski definition) is 0. The van der Waals surface area contributed by atoms with Crippen molar-refractivity contribution in [2.45, 2.75) is 44.9 Å². The molecule has 0 saturated heterocycles. The summed E-state index contributed by atoms with van der Waals surface area (Å²) in [5, 5.41) is 0. The van der Waals surface area contributed by atoms with Gasteiger partial charge in [0.1, 0.15) is 34.6 Å². The van der Waals surface area contributed by atoms with Crippen LogP contribution in [-0.2, 0) is 5.41 Å². The average molecular weight is 623 g/mol. The van der Waals surface area contributed by atoms with E-state index in [1.807, 2.05) is 52.0 Å². The Kier molecular flexibility index (Phi) is 7.89. The Morgan fingerprint density at radius 2 is 0.851 bits per heavy atom. The van der Waals surface area contributed by atoms with Gasteiger partial charge in [0, 0.05) is 0 Å². The van der Waals surface area contributed by atoms with Crippen LogP contribution in [0.5, 0.6) is 23.0 Å². The van der Waals surface area contributed by atoms with Crippen LogP contribution in [0, 0.1) is 11.6 Å². The van der Waals surface area contributed by atoms with Gasteiger partial charge in [-0.25, -0.2) is 8.78 Å². The predicted molar refractivity (Wildman–Crippen MR) is 185 cm³/mol. The lowest BCUT2D eigenvalue weighted by Gasteiger charge is -2.34. The molecule has 0 radical (unpaired) electrons. The van der Waals surface area contributed by atoms with Gasteiger partial charge in [-0.15, -0.1) is 0 Å². The quantitative estimate of drug-likeness (QED) is 0.168. The molecule has 0 fully saturated rings. The first-order valence-electron chi connectivity index (χ1n) is 16.1. The second-order valence-corrected chi connectivity index (χ2v) is 12.8. The number of rotatable bonds is 8. The number of halogens is 2. The maximum absolute atomic E-state index is 14.5. The molecule has 6 aromatic carbocycles. The zero-order valence-corrected chi connectivity index (χ0v) is 26.9. The first kappa shape index (κ1) is 30.4. The highest BCUT2D eigenvalue weighted by Gasteiger charge is 2.46. The summed E-state index contributed by atoms with van der Waals surface area (Å²) in [5.41, 5.74) is 7.25. The lowest BCUT2D eigenvalue weighted by atomic mass is 9.67. The second kappa shape index (κ2) is 12.2. The number of benzene rings is 6. The van der Waals surface area contributed by atoms with Crippen molar-refractivity contribution in [3.05, 3.63) is 178 Å². The smallest absolute Gasteiger partial charge is 0.127 e. The third-order valence-electron chi connectivity index (χ3n) is 9.14. The van der Waals surface area contributed by atoms with Gasteiger partial charge in [0.25, 0.3) is 0 Å². The van der Waals surface area contributed by atoms with Crippen molar-refractivity contribution in [1.29, 1.82) is 0 Å². The largest absolute Gasteiger partial charge is 0.457 e. The van der Waals surface area contributed by atoms with E-state index in [1.54, 1.807) is 24.3 Å². The molecular formula is C43H36F2O2. The van der Waals surface area contributed by atoms with Crippen LogP contribution in [0.1, 0.15) is 72.9 Å². The standard InChI is InChI=1S/C43H36F2O2/c1-27(2)37-25-33(19-21-41(37)44)46-31-13-9-11-29(23-31)43(39-17-7-5-15-35(39)36-16-6-8-18-40(36)43)30-12-10-14-32(24-30)47-34-20-22-42(45)38(26-34)28(3)4/h5-28H,1-4H3. The van der Waals surface area contributed by atoms with Gasteiger partial charge in [-0.1, -0.05) is 100 Å². The predicted octanol–water partition coefficient (Wildman–Crippen LogP) is 12.2. The molecule has 2 nitrogen and oxygen atoms in total. The maximum Gasteiger partial charge on any atom is 0.127 e. The van der Waals surface area contributed by atoms with Crippen molar-refractivity contribution >= 4 is 0 Å². The van der Waals surface area contributed by atoms with Gasteiger partial charge in [-0.2, -0.15) is 0 Å². The molecule has 0 atom stereocenters. The van der Waals surface area contributed by atoms with Gasteiger partial charge in [-0.05, 0) is 117 Å². The number of hydrogen-bond acceptors (Lipinski definition) is 2. The van der Waals surface area contributed by atoms with E-state index in [9.17, 15) is 8.78 Å². The molecule has 0 aliphatic heterocycles. The molecule has 0 amide bonds. The highest BCUT2D eigenvalue weighted by Crippen LogP contribution is 2.56. The van der Waals surface area contributed by atoms with Gasteiger partial charge in [0.05, 0.1) is 5.41 Å². The monoisotopic (exact) mass is 622 g/mol. The fourth-order valence-corrected chi connectivity index (χ4v) is 6.94. The molecule has 234 valence electrons. The van der Waals surface area contributed by atoms with Crippen LogP contribution in [0.2, 0.25) is 0 Å². The van der Waals surface area contributed by atoms with E-state index in [1.165, 1.54) is 23.3 Å². The van der Waals surface area contributed by atoms with Gasteiger partial charge < -0.3 is 9.47 Å². The van der Waals surface area contributed by atoms with E-state index in [0.717, 1.165) is 22.3 Å². The average Bonchev–Trinajstić information content (AvgIpc) is 3.38. The van der Waals surface area contributed by atoms with Crippen molar-refractivity contribution in [3.63, 3.8) is 0 Å². The van der Waals surface area contributed by atoms with Crippen LogP contribution < -0.4 is 9.47 Å². The molecule has 1 aliphatic carbocycles. The van der Waals surface area contributed by atoms with Gasteiger partial charge in [-0.3, -0.25) is 0 Å². The zero-order valence-electron chi connectivity index (χ0n) is 26.9. The topological polar surface area (TPSA) is 18.5 Å². The first-order valence-corrected chi connectivity index (χ1v) is 16.1. The zero-order chi connectivity index (χ0) is 32.7. The molecule has 47 heavy (non-hydrogen) atoms. The van der Waals surface area contributed by atoms with E-state index in [0.29, 0.717) is 34.1 Å². The Bertz CT molecular complexity index is 1940. The summed E-state index contributed by atoms with van der Waals surface area (Å²) < 4.78 is 41.8. The van der Waals surface area contributed by atoms with Crippen LogP contribution in [0.4, 0.5) is 8.78 Å². The van der Waals surface area contributed by atoms with Gasteiger partial charge in [0.2, 0.25) is 0 Å². The van der Waals surface area contributed by atoms with Crippen LogP contribution in [0.3, 0.4) is 0 Å². The van der Waals surface area contributed by atoms with Crippen molar-refractivity contribution in [1.82, 2.24) is 0 Å². The molecule has 4 heteroatoms.